The molecule has 0 fully saturated rings. The lowest BCUT2D eigenvalue weighted by Gasteiger charge is -2.09. The van der Waals surface area contributed by atoms with E-state index in [4.69, 9.17) is 23.2 Å². The molecule has 27 heavy (non-hydrogen) atoms. The number of anilines is 1. The second-order valence-electron chi connectivity index (χ2n) is 6.28. The lowest BCUT2D eigenvalue weighted by Crippen LogP contribution is -2.12. The second-order valence-corrected chi connectivity index (χ2v) is 7.12. The molecule has 0 aliphatic rings. The first kappa shape index (κ1) is 17.7. The summed E-state index contributed by atoms with van der Waals surface area (Å²) >= 11 is 12.1. The van der Waals surface area contributed by atoms with Crippen LogP contribution >= 0.6 is 23.2 Å². The van der Waals surface area contributed by atoms with Crippen LogP contribution in [0.2, 0.25) is 10.0 Å². The largest absolute Gasteiger partial charge is 0.343 e. The van der Waals surface area contributed by atoms with Crippen LogP contribution in [0.3, 0.4) is 0 Å². The third kappa shape index (κ3) is 3.85. The van der Waals surface area contributed by atoms with E-state index in [-0.39, 0.29) is 5.91 Å². The molecule has 4 aromatic rings. The first-order chi connectivity index (χ1) is 13.1. The van der Waals surface area contributed by atoms with Crippen molar-refractivity contribution in [2.24, 2.45) is 0 Å². The Morgan fingerprint density at radius 3 is 2.56 bits per heavy atom. The normalized spacial score (nSPS) is 10.9. The van der Waals surface area contributed by atoms with Crippen molar-refractivity contribution in [3.8, 4) is 0 Å². The van der Waals surface area contributed by atoms with Crippen molar-refractivity contribution in [2.75, 3.05) is 5.32 Å². The van der Waals surface area contributed by atoms with Crippen molar-refractivity contribution < 1.29 is 4.79 Å². The molecule has 134 valence electrons. The number of amides is 1. The first-order valence-corrected chi connectivity index (χ1v) is 9.25. The molecule has 1 N–H and O–H groups in total. The maximum absolute atomic E-state index is 12.5. The molecule has 3 aromatic carbocycles. The van der Waals surface area contributed by atoms with Gasteiger partial charge in [-0.2, -0.15) is 0 Å². The fraction of sp³-hybridized carbons (Fsp3) is 0.0455. The summed E-state index contributed by atoms with van der Waals surface area (Å²) in [5.41, 5.74) is 3.41. The number of halogens is 2. The summed E-state index contributed by atoms with van der Waals surface area (Å²) in [6.45, 7) is 0.800. The lowest BCUT2D eigenvalue weighted by molar-refractivity contribution is 0.102. The summed E-state index contributed by atoms with van der Waals surface area (Å²) in [5, 5.41) is 4.78. The predicted octanol–water partition coefficient (Wildman–Crippen LogP) is 6.25. The maximum Gasteiger partial charge on any atom is 0.257 e. The molecule has 0 radical (unpaired) electrons. The number of nitrogens with zero attached hydrogens (tertiary/aromatic N) is 1. The molecule has 0 bridgehead atoms. The number of nitrogens with one attached hydrogen (secondary N) is 1. The van der Waals surface area contributed by atoms with E-state index in [1.54, 1.807) is 18.2 Å². The number of carbonyl (C=O) groups excluding carboxylic acids is 1. The van der Waals surface area contributed by atoms with Gasteiger partial charge in [-0.15, -0.1) is 0 Å². The van der Waals surface area contributed by atoms with Gasteiger partial charge in [-0.3, -0.25) is 4.79 Å². The van der Waals surface area contributed by atoms with Gasteiger partial charge in [0.05, 0.1) is 10.6 Å². The molecule has 0 spiro atoms. The van der Waals surface area contributed by atoms with Gasteiger partial charge in [0.1, 0.15) is 0 Å². The second kappa shape index (κ2) is 7.47. The van der Waals surface area contributed by atoms with Crippen molar-refractivity contribution in [3.05, 3.63) is 100 Å². The Balaban J connectivity index is 1.57. The predicted molar refractivity (Wildman–Crippen MR) is 112 cm³/mol. The Morgan fingerprint density at radius 2 is 1.74 bits per heavy atom. The minimum Gasteiger partial charge on any atom is -0.343 e. The van der Waals surface area contributed by atoms with Crippen LogP contribution < -0.4 is 5.32 Å². The van der Waals surface area contributed by atoms with Crippen LogP contribution in [0.15, 0.2) is 79.0 Å². The number of rotatable bonds is 4. The molecule has 0 aliphatic heterocycles. The van der Waals surface area contributed by atoms with Crippen LogP contribution in [0.4, 0.5) is 5.69 Å². The number of aromatic nitrogens is 1. The molecule has 1 aromatic heterocycles. The van der Waals surface area contributed by atoms with Crippen LogP contribution in [0.25, 0.3) is 10.9 Å². The Labute approximate surface area is 167 Å². The maximum atomic E-state index is 12.5. The topological polar surface area (TPSA) is 34.0 Å². The van der Waals surface area contributed by atoms with Crippen molar-refractivity contribution in [1.29, 1.82) is 0 Å². The highest BCUT2D eigenvalue weighted by Crippen LogP contribution is 2.24. The van der Waals surface area contributed by atoms with Gasteiger partial charge in [0.15, 0.2) is 0 Å². The van der Waals surface area contributed by atoms with Crippen LogP contribution in [-0.2, 0) is 6.54 Å². The third-order valence-electron chi connectivity index (χ3n) is 4.40. The quantitative estimate of drug-likeness (QED) is 0.436. The fourth-order valence-corrected chi connectivity index (χ4v) is 3.44. The van der Waals surface area contributed by atoms with E-state index in [1.165, 1.54) is 5.56 Å². The SMILES string of the molecule is O=C(Nc1ccc2c(ccn2Cc2ccccc2)c1)c1cc(Cl)ccc1Cl. The Bertz CT molecular complexity index is 1120. The Morgan fingerprint density at radius 1 is 0.926 bits per heavy atom. The summed E-state index contributed by atoms with van der Waals surface area (Å²) in [5.74, 6) is -0.287. The average molecular weight is 395 g/mol. The minimum absolute atomic E-state index is 0.287. The van der Waals surface area contributed by atoms with Gasteiger partial charge in [0.2, 0.25) is 0 Å². The standard InChI is InChI=1S/C22H16Cl2N2O/c23-17-6-8-20(24)19(13-17)22(27)25-18-7-9-21-16(12-18)10-11-26(21)14-15-4-2-1-3-5-15/h1-13H,14H2,(H,25,27). The van der Waals surface area contributed by atoms with Crippen molar-refractivity contribution in [3.63, 3.8) is 0 Å². The molecule has 0 aliphatic carbocycles. The molecule has 4 rings (SSSR count). The molecule has 3 nitrogen and oxygen atoms in total. The van der Waals surface area contributed by atoms with E-state index in [1.807, 2.05) is 42.5 Å². The van der Waals surface area contributed by atoms with E-state index < -0.39 is 0 Å². The van der Waals surface area contributed by atoms with E-state index in [0.29, 0.717) is 21.3 Å². The summed E-state index contributed by atoms with van der Waals surface area (Å²) < 4.78 is 2.18. The van der Waals surface area contributed by atoms with Crippen molar-refractivity contribution >= 4 is 45.7 Å². The molecule has 1 heterocycles. The van der Waals surface area contributed by atoms with Crippen LogP contribution in [-0.4, -0.2) is 10.5 Å². The molecule has 1 amide bonds. The van der Waals surface area contributed by atoms with Crippen LogP contribution in [0.5, 0.6) is 0 Å². The van der Waals surface area contributed by atoms with E-state index >= 15 is 0 Å². The first-order valence-electron chi connectivity index (χ1n) is 8.49. The average Bonchev–Trinajstić information content (AvgIpc) is 3.06. The van der Waals surface area contributed by atoms with Crippen molar-refractivity contribution in [2.45, 2.75) is 6.54 Å². The summed E-state index contributed by atoms with van der Waals surface area (Å²) in [6, 6.07) is 23.0. The van der Waals surface area contributed by atoms with E-state index in [0.717, 1.165) is 17.4 Å². The molecule has 0 saturated heterocycles. The monoisotopic (exact) mass is 394 g/mol. The van der Waals surface area contributed by atoms with Gasteiger partial charge in [-0.25, -0.2) is 0 Å². The number of hydrogen-bond acceptors (Lipinski definition) is 1. The summed E-state index contributed by atoms with van der Waals surface area (Å²) in [6.07, 6.45) is 2.05. The van der Waals surface area contributed by atoms with Gasteiger partial charge in [-0.05, 0) is 48.0 Å². The van der Waals surface area contributed by atoms with E-state index in [9.17, 15) is 4.79 Å². The molecular weight excluding hydrogens is 379 g/mol. The minimum atomic E-state index is -0.287. The highest BCUT2D eigenvalue weighted by molar-refractivity contribution is 6.36. The van der Waals surface area contributed by atoms with Gasteiger partial charge in [-0.1, -0.05) is 53.5 Å². The van der Waals surface area contributed by atoms with Gasteiger partial charge < -0.3 is 9.88 Å². The third-order valence-corrected chi connectivity index (χ3v) is 4.96. The zero-order chi connectivity index (χ0) is 18.8. The van der Waals surface area contributed by atoms with Crippen LogP contribution in [0, 0.1) is 0 Å². The zero-order valence-electron chi connectivity index (χ0n) is 14.3. The Kier molecular flexibility index (Phi) is 4.88. The van der Waals surface area contributed by atoms with Crippen LogP contribution in [0.1, 0.15) is 15.9 Å². The molecule has 0 saturated carbocycles. The van der Waals surface area contributed by atoms with Gasteiger partial charge in [0.25, 0.3) is 5.91 Å². The van der Waals surface area contributed by atoms with Crippen molar-refractivity contribution in [1.82, 2.24) is 4.57 Å². The Hall–Kier alpha value is -2.75. The molecule has 0 unspecified atom stereocenters. The number of fused-ring (bicyclic) bond motifs is 1. The van der Waals surface area contributed by atoms with Gasteiger partial charge in [0, 0.05) is 34.4 Å². The number of hydrogen-bond donors (Lipinski definition) is 1. The molecule has 0 atom stereocenters. The fourth-order valence-electron chi connectivity index (χ4n) is 3.07. The highest BCUT2D eigenvalue weighted by atomic mass is 35.5. The summed E-state index contributed by atoms with van der Waals surface area (Å²) in [7, 11) is 0. The highest BCUT2D eigenvalue weighted by Gasteiger charge is 2.12. The number of carbonyl (C=O) groups is 1. The zero-order valence-corrected chi connectivity index (χ0v) is 15.8. The molecular formula is C22H16Cl2N2O. The van der Waals surface area contributed by atoms with Gasteiger partial charge >= 0.3 is 0 Å². The number of benzene rings is 3. The summed E-state index contributed by atoms with van der Waals surface area (Å²) in [4.78, 5) is 12.5. The lowest BCUT2D eigenvalue weighted by atomic mass is 10.2. The molecule has 5 heteroatoms. The smallest absolute Gasteiger partial charge is 0.257 e. The van der Waals surface area contributed by atoms with E-state index in [2.05, 4.69) is 28.2 Å².